The SMILES string of the molecule is Cc1noc2c1-c1ccccc1C(c1ccc(Cl)cc1)=N/C2=C\C(N)=O. The molecule has 0 aliphatic carbocycles. The number of aryl methyl sites for hydroxylation is 1. The van der Waals surface area contributed by atoms with Crippen molar-refractivity contribution in [2.75, 3.05) is 0 Å². The van der Waals surface area contributed by atoms with Crippen LogP contribution in [0.15, 0.2) is 64.1 Å². The highest BCUT2D eigenvalue weighted by Crippen LogP contribution is 2.39. The third kappa shape index (κ3) is 2.72. The summed E-state index contributed by atoms with van der Waals surface area (Å²) in [6.07, 6.45) is 1.26. The first-order valence-corrected chi connectivity index (χ1v) is 8.34. The van der Waals surface area contributed by atoms with Crippen LogP contribution in [0.5, 0.6) is 0 Å². The van der Waals surface area contributed by atoms with Crippen LogP contribution >= 0.6 is 11.6 Å². The van der Waals surface area contributed by atoms with Gasteiger partial charge in [-0.05, 0) is 24.6 Å². The van der Waals surface area contributed by atoms with Gasteiger partial charge in [-0.2, -0.15) is 0 Å². The lowest BCUT2D eigenvalue weighted by atomic mass is 9.93. The van der Waals surface area contributed by atoms with E-state index in [0.29, 0.717) is 22.2 Å². The molecule has 1 aliphatic heterocycles. The van der Waals surface area contributed by atoms with Crippen molar-refractivity contribution in [2.24, 2.45) is 10.7 Å². The molecule has 2 aromatic carbocycles. The van der Waals surface area contributed by atoms with E-state index in [1.807, 2.05) is 43.3 Å². The molecule has 1 aliphatic rings. The Morgan fingerprint density at radius 2 is 1.81 bits per heavy atom. The Labute approximate surface area is 154 Å². The topological polar surface area (TPSA) is 81.5 Å². The molecule has 5 nitrogen and oxygen atoms in total. The largest absolute Gasteiger partial charge is 0.366 e. The summed E-state index contributed by atoms with van der Waals surface area (Å²) in [5.41, 5.74) is 10.7. The number of primary amides is 1. The fourth-order valence-corrected chi connectivity index (χ4v) is 3.19. The van der Waals surface area contributed by atoms with Gasteiger partial charge in [0, 0.05) is 22.2 Å². The zero-order valence-corrected chi connectivity index (χ0v) is 14.6. The Balaban J connectivity index is 2.06. The fraction of sp³-hybridized carbons (Fsp3) is 0.0500. The maximum Gasteiger partial charge on any atom is 0.243 e. The molecule has 2 N–H and O–H groups in total. The van der Waals surface area contributed by atoms with Gasteiger partial charge in [-0.25, -0.2) is 4.99 Å². The average Bonchev–Trinajstić information content (AvgIpc) is 2.94. The molecule has 0 atom stereocenters. The highest BCUT2D eigenvalue weighted by molar-refractivity contribution is 6.31. The van der Waals surface area contributed by atoms with Crippen LogP contribution in [0.4, 0.5) is 0 Å². The molecule has 0 fully saturated rings. The maximum atomic E-state index is 11.6. The van der Waals surface area contributed by atoms with E-state index in [1.165, 1.54) is 6.08 Å². The van der Waals surface area contributed by atoms with E-state index in [2.05, 4.69) is 5.16 Å². The van der Waals surface area contributed by atoms with Crippen LogP contribution in [-0.4, -0.2) is 16.8 Å². The lowest BCUT2D eigenvalue weighted by Crippen LogP contribution is -2.07. The van der Waals surface area contributed by atoms with Crippen LogP contribution in [0.1, 0.15) is 22.6 Å². The highest BCUT2D eigenvalue weighted by Gasteiger charge is 2.27. The van der Waals surface area contributed by atoms with Crippen LogP contribution in [-0.2, 0) is 4.79 Å². The number of nitrogens with two attached hydrogens (primary N) is 1. The third-order valence-electron chi connectivity index (χ3n) is 4.18. The number of aromatic nitrogens is 1. The van der Waals surface area contributed by atoms with Gasteiger partial charge < -0.3 is 10.3 Å². The van der Waals surface area contributed by atoms with E-state index >= 15 is 0 Å². The van der Waals surface area contributed by atoms with Gasteiger partial charge in [-0.15, -0.1) is 0 Å². The number of nitrogens with zero attached hydrogens (tertiary/aromatic N) is 2. The molecule has 0 radical (unpaired) electrons. The van der Waals surface area contributed by atoms with E-state index in [-0.39, 0.29) is 0 Å². The van der Waals surface area contributed by atoms with Crippen molar-refractivity contribution in [3.8, 4) is 11.1 Å². The number of carbonyl (C=O) groups excluding carboxylic acids is 1. The second-order valence-electron chi connectivity index (χ2n) is 5.92. The molecule has 2 heterocycles. The van der Waals surface area contributed by atoms with Gasteiger partial charge in [0.05, 0.1) is 17.0 Å². The molecule has 1 amide bonds. The van der Waals surface area contributed by atoms with Crippen LogP contribution in [0.3, 0.4) is 0 Å². The van der Waals surface area contributed by atoms with Crippen LogP contribution in [0, 0.1) is 6.92 Å². The van der Waals surface area contributed by atoms with Crippen molar-refractivity contribution >= 4 is 28.9 Å². The normalized spacial score (nSPS) is 14.4. The van der Waals surface area contributed by atoms with Crippen molar-refractivity contribution in [3.05, 3.63) is 82.2 Å². The summed E-state index contributed by atoms with van der Waals surface area (Å²) in [4.78, 5) is 16.3. The van der Waals surface area contributed by atoms with Gasteiger partial charge in [-0.1, -0.05) is 53.2 Å². The van der Waals surface area contributed by atoms with Gasteiger partial charge >= 0.3 is 0 Å². The van der Waals surface area contributed by atoms with Gasteiger partial charge in [0.2, 0.25) is 5.91 Å². The number of fused-ring (bicyclic) bond motifs is 3. The molecule has 0 bridgehead atoms. The van der Waals surface area contributed by atoms with Gasteiger partial charge in [-0.3, -0.25) is 4.79 Å². The number of amides is 1. The molecule has 0 saturated heterocycles. The smallest absolute Gasteiger partial charge is 0.243 e. The predicted octanol–water partition coefficient (Wildman–Crippen LogP) is 3.98. The van der Waals surface area contributed by atoms with Gasteiger partial charge in [0.1, 0.15) is 5.70 Å². The van der Waals surface area contributed by atoms with E-state index < -0.39 is 5.91 Å². The minimum atomic E-state index is -0.606. The number of carbonyl (C=O) groups is 1. The summed E-state index contributed by atoms with van der Waals surface area (Å²) in [5, 5.41) is 4.69. The van der Waals surface area contributed by atoms with Crippen molar-refractivity contribution < 1.29 is 9.32 Å². The molecule has 0 saturated carbocycles. The number of halogens is 1. The molecule has 128 valence electrons. The van der Waals surface area contributed by atoms with Crippen molar-refractivity contribution in [2.45, 2.75) is 6.92 Å². The fourth-order valence-electron chi connectivity index (χ4n) is 3.06. The second kappa shape index (κ2) is 6.28. The Kier molecular flexibility index (Phi) is 3.93. The second-order valence-corrected chi connectivity index (χ2v) is 6.35. The molecule has 0 unspecified atom stereocenters. The Hall–Kier alpha value is -3.18. The molecule has 4 rings (SSSR count). The molecular weight excluding hydrogens is 350 g/mol. The van der Waals surface area contributed by atoms with Crippen molar-refractivity contribution in [1.29, 1.82) is 0 Å². The molecular formula is C20H14ClN3O2. The summed E-state index contributed by atoms with van der Waals surface area (Å²) in [5.74, 6) is -0.178. The van der Waals surface area contributed by atoms with Crippen molar-refractivity contribution in [3.63, 3.8) is 0 Å². The van der Waals surface area contributed by atoms with Gasteiger partial charge in [0.25, 0.3) is 0 Å². The summed E-state index contributed by atoms with van der Waals surface area (Å²) >= 11 is 6.02. The summed E-state index contributed by atoms with van der Waals surface area (Å²) in [6.45, 7) is 1.86. The first-order chi connectivity index (χ1) is 12.5. The Bertz CT molecular complexity index is 1080. The highest BCUT2D eigenvalue weighted by atomic mass is 35.5. The first kappa shape index (κ1) is 16.3. The monoisotopic (exact) mass is 363 g/mol. The summed E-state index contributed by atoms with van der Waals surface area (Å²) in [7, 11) is 0. The first-order valence-electron chi connectivity index (χ1n) is 7.97. The van der Waals surface area contributed by atoms with E-state index in [0.717, 1.165) is 27.9 Å². The number of rotatable bonds is 2. The lowest BCUT2D eigenvalue weighted by molar-refractivity contribution is -0.113. The van der Waals surface area contributed by atoms with E-state index in [4.69, 9.17) is 26.9 Å². The van der Waals surface area contributed by atoms with E-state index in [9.17, 15) is 4.79 Å². The van der Waals surface area contributed by atoms with Crippen LogP contribution in [0.25, 0.3) is 16.8 Å². The quantitative estimate of drug-likeness (QED) is 0.699. The molecule has 1 aromatic heterocycles. The Morgan fingerprint density at radius 3 is 2.50 bits per heavy atom. The minimum absolute atomic E-state index is 0.342. The van der Waals surface area contributed by atoms with E-state index in [1.54, 1.807) is 12.1 Å². The zero-order chi connectivity index (χ0) is 18.3. The van der Waals surface area contributed by atoms with Gasteiger partial charge in [0.15, 0.2) is 5.76 Å². The minimum Gasteiger partial charge on any atom is -0.366 e. The number of hydrogen-bond acceptors (Lipinski definition) is 4. The zero-order valence-electron chi connectivity index (χ0n) is 13.9. The van der Waals surface area contributed by atoms with Crippen LogP contribution in [0.2, 0.25) is 5.02 Å². The standard InChI is InChI=1S/C20H14ClN3O2/c1-11-18-14-4-2-3-5-15(14)19(12-6-8-13(21)9-7-12)23-16(10-17(22)25)20(18)26-24-11/h2-10H,1H3,(H2,22,25)/b16-10-. The molecule has 3 aromatic rings. The lowest BCUT2D eigenvalue weighted by Gasteiger charge is -2.10. The van der Waals surface area contributed by atoms with Crippen molar-refractivity contribution in [1.82, 2.24) is 5.16 Å². The number of hydrogen-bond donors (Lipinski definition) is 1. The average molecular weight is 364 g/mol. The number of aliphatic imine (C=N–C) groups is 1. The maximum absolute atomic E-state index is 11.6. The molecule has 0 spiro atoms. The predicted molar refractivity (Wildman–Crippen MR) is 101 cm³/mol. The van der Waals surface area contributed by atoms with Crippen LogP contribution < -0.4 is 5.73 Å². The summed E-state index contributed by atoms with van der Waals surface area (Å²) in [6, 6.07) is 15.2. The number of benzene rings is 2. The molecule has 6 heteroatoms. The Morgan fingerprint density at radius 1 is 1.12 bits per heavy atom. The summed E-state index contributed by atoms with van der Waals surface area (Å²) < 4.78 is 5.49. The third-order valence-corrected chi connectivity index (χ3v) is 4.43. The molecule has 26 heavy (non-hydrogen) atoms.